The molecule has 1 aromatic carbocycles. The van der Waals surface area contributed by atoms with Crippen molar-refractivity contribution >= 4 is 5.97 Å². The van der Waals surface area contributed by atoms with Crippen LogP contribution in [0.25, 0.3) is 0 Å². The highest BCUT2D eigenvalue weighted by atomic mass is 16.4. The molecule has 0 unspecified atom stereocenters. The minimum Gasteiger partial charge on any atom is -0.478 e. The summed E-state index contributed by atoms with van der Waals surface area (Å²) >= 11 is 0. The third-order valence-electron chi connectivity index (χ3n) is 2.75. The standard InChI is InChI=1S/C13H18O3/c1-13(2,9-14)8-7-10-5-3-4-6-11(10)12(15)16/h3-6,14H,7-9H2,1-2H3,(H,15,16). The number of aryl methyl sites for hydroxylation is 1. The van der Waals surface area contributed by atoms with Crippen molar-refractivity contribution in [2.75, 3.05) is 6.61 Å². The molecule has 16 heavy (non-hydrogen) atoms. The van der Waals surface area contributed by atoms with Crippen LogP contribution in [0.2, 0.25) is 0 Å². The van der Waals surface area contributed by atoms with E-state index in [0.717, 1.165) is 12.0 Å². The van der Waals surface area contributed by atoms with Crippen LogP contribution in [-0.2, 0) is 6.42 Å². The fraction of sp³-hybridized carbons (Fsp3) is 0.462. The largest absolute Gasteiger partial charge is 0.478 e. The first-order valence-corrected chi connectivity index (χ1v) is 5.38. The molecule has 0 bridgehead atoms. The molecule has 3 nitrogen and oxygen atoms in total. The number of hydrogen-bond donors (Lipinski definition) is 2. The first kappa shape index (κ1) is 12.7. The molecule has 0 spiro atoms. The smallest absolute Gasteiger partial charge is 0.335 e. The zero-order valence-electron chi connectivity index (χ0n) is 9.73. The highest BCUT2D eigenvalue weighted by molar-refractivity contribution is 5.89. The lowest BCUT2D eigenvalue weighted by molar-refractivity contribution is 0.0695. The molecule has 3 heteroatoms. The van der Waals surface area contributed by atoms with Gasteiger partial charge in [0.25, 0.3) is 0 Å². The Morgan fingerprint density at radius 3 is 2.50 bits per heavy atom. The van der Waals surface area contributed by atoms with Crippen LogP contribution in [0.3, 0.4) is 0 Å². The molecule has 0 atom stereocenters. The molecule has 0 radical (unpaired) electrons. The second-order valence-electron chi connectivity index (χ2n) is 4.78. The number of hydrogen-bond acceptors (Lipinski definition) is 2. The molecule has 88 valence electrons. The second-order valence-corrected chi connectivity index (χ2v) is 4.78. The van der Waals surface area contributed by atoms with Crippen molar-refractivity contribution in [1.82, 2.24) is 0 Å². The summed E-state index contributed by atoms with van der Waals surface area (Å²) in [5, 5.41) is 18.1. The molecule has 0 aliphatic carbocycles. The van der Waals surface area contributed by atoms with Crippen LogP contribution in [0.15, 0.2) is 24.3 Å². The van der Waals surface area contributed by atoms with E-state index in [0.29, 0.717) is 12.0 Å². The van der Waals surface area contributed by atoms with E-state index < -0.39 is 5.97 Å². The molecule has 1 aromatic rings. The summed E-state index contributed by atoms with van der Waals surface area (Å²) in [7, 11) is 0. The van der Waals surface area contributed by atoms with Gasteiger partial charge in [0.05, 0.1) is 5.56 Å². The maximum Gasteiger partial charge on any atom is 0.335 e. The van der Waals surface area contributed by atoms with E-state index in [9.17, 15) is 4.79 Å². The van der Waals surface area contributed by atoms with Crippen molar-refractivity contribution in [1.29, 1.82) is 0 Å². The Morgan fingerprint density at radius 2 is 1.94 bits per heavy atom. The number of aliphatic hydroxyl groups excluding tert-OH is 1. The number of carboxylic acids is 1. The topological polar surface area (TPSA) is 57.5 Å². The summed E-state index contributed by atoms with van der Waals surface area (Å²) in [5.74, 6) is -0.891. The molecule has 0 aromatic heterocycles. The maximum absolute atomic E-state index is 11.0. The molecule has 0 aliphatic rings. The van der Waals surface area contributed by atoms with E-state index >= 15 is 0 Å². The van der Waals surface area contributed by atoms with Gasteiger partial charge in [-0.3, -0.25) is 0 Å². The molecule has 2 N–H and O–H groups in total. The van der Waals surface area contributed by atoms with Gasteiger partial charge >= 0.3 is 5.97 Å². The summed E-state index contributed by atoms with van der Waals surface area (Å²) in [6.45, 7) is 4.05. The van der Waals surface area contributed by atoms with Gasteiger partial charge in [-0.05, 0) is 29.9 Å². The summed E-state index contributed by atoms with van der Waals surface area (Å²) in [5.41, 5.74) is 1.03. The average molecular weight is 222 g/mol. The molecule has 0 saturated carbocycles. The molecular formula is C13H18O3. The van der Waals surface area contributed by atoms with E-state index in [-0.39, 0.29) is 12.0 Å². The van der Waals surface area contributed by atoms with Crippen molar-refractivity contribution in [3.63, 3.8) is 0 Å². The van der Waals surface area contributed by atoms with Crippen molar-refractivity contribution in [2.24, 2.45) is 5.41 Å². The van der Waals surface area contributed by atoms with Gasteiger partial charge in [-0.2, -0.15) is 0 Å². The molecule has 0 fully saturated rings. The Morgan fingerprint density at radius 1 is 1.31 bits per heavy atom. The molecule has 0 saturated heterocycles. The van der Waals surface area contributed by atoms with Gasteiger partial charge in [0.15, 0.2) is 0 Å². The predicted molar refractivity (Wildman–Crippen MR) is 62.6 cm³/mol. The second kappa shape index (κ2) is 5.12. The third kappa shape index (κ3) is 3.35. The van der Waals surface area contributed by atoms with Crippen LogP contribution in [0, 0.1) is 5.41 Å². The van der Waals surface area contributed by atoms with Crippen LogP contribution < -0.4 is 0 Å². The monoisotopic (exact) mass is 222 g/mol. The average Bonchev–Trinajstić information content (AvgIpc) is 2.27. The normalized spacial score (nSPS) is 11.4. The van der Waals surface area contributed by atoms with E-state index in [1.807, 2.05) is 26.0 Å². The molecule has 0 amide bonds. The first-order chi connectivity index (χ1) is 7.46. The van der Waals surface area contributed by atoms with Gasteiger partial charge in [-0.1, -0.05) is 32.0 Å². The summed E-state index contributed by atoms with van der Waals surface area (Å²) in [4.78, 5) is 11.0. The van der Waals surface area contributed by atoms with Crippen LogP contribution in [0.5, 0.6) is 0 Å². The number of carboxylic acid groups (broad SMARTS) is 1. The molecule has 0 heterocycles. The maximum atomic E-state index is 11.0. The van der Waals surface area contributed by atoms with Crippen LogP contribution >= 0.6 is 0 Å². The lowest BCUT2D eigenvalue weighted by atomic mass is 9.86. The number of aliphatic hydroxyl groups is 1. The Balaban J connectivity index is 2.78. The Bertz CT molecular complexity index is 369. The summed E-state index contributed by atoms with van der Waals surface area (Å²) in [6.07, 6.45) is 1.45. The van der Waals surface area contributed by atoms with Crippen molar-refractivity contribution < 1.29 is 15.0 Å². The van der Waals surface area contributed by atoms with E-state index in [1.54, 1.807) is 12.1 Å². The quantitative estimate of drug-likeness (QED) is 0.804. The molecular weight excluding hydrogens is 204 g/mol. The van der Waals surface area contributed by atoms with Crippen molar-refractivity contribution in [3.05, 3.63) is 35.4 Å². The van der Waals surface area contributed by atoms with Gasteiger partial charge in [-0.25, -0.2) is 4.79 Å². The number of rotatable bonds is 5. The lowest BCUT2D eigenvalue weighted by Crippen LogP contribution is -2.18. The minimum atomic E-state index is -0.891. The fourth-order valence-corrected chi connectivity index (χ4v) is 1.50. The minimum absolute atomic E-state index is 0.113. The summed E-state index contributed by atoms with van der Waals surface area (Å²) in [6, 6.07) is 7.01. The SMILES string of the molecule is CC(C)(CO)CCc1ccccc1C(=O)O. The summed E-state index contributed by atoms with van der Waals surface area (Å²) < 4.78 is 0. The lowest BCUT2D eigenvalue weighted by Gasteiger charge is -2.21. The van der Waals surface area contributed by atoms with Crippen LogP contribution in [-0.4, -0.2) is 22.8 Å². The van der Waals surface area contributed by atoms with Crippen LogP contribution in [0.4, 0.5) is 0 Å². The Kier molecular flexibility index (Phi) is 4.07. The Hall–Kier alpha value is -1.35. The fourth-order valence-electron chi connectivity index (χ4n) is 1.50. The van der Waals surface area contributed by atoms with Gasteiger partial charge in [0.2, 0.25) is 0 Å². The molecule has 1 rings (SSSR count). The first-order valence-electron chi connectivity index (χ1n) is 5.38. The zero-order chi connectivity index (χ0) is 12.2. The van der Waals surface area contributed by atoms with Gasteiger partial charge in [0, 0.05) is 6.61 Å². The van der Waals surface area contributed by atoms with E-state index in [2.05, 4.69) is 0 Å². The van der Waals surface area contributed by atoms with E-state index in [1.165, 1.54) is 0 Å². The molecule has 0 aliphatic heterocycles. The van der Waals surface area contributed by atoms with Crippen LogP contribution in [0.1, 0.15) is 36.2 Å². The third-order valence-corrected chi connectivity index (χ3v) is 2.75. The number of carbonyl (C=O) groups is 1. The number of benzene rings is 1. The van der Waals surface area contributed by atoms with Gasteiger partial charge < -0.3 is 10.2 Å². The Labute approximate surface area is 95.7 Å². The van der Waals surface area contributed by atoms with E-state index in [4.69, 9.17) is 10.2 Å². The predicted octanol–water partition coefficient (Wildman–Crippen LogP) is 2.34. The van der Waals surface area contributed by atoms with Gasteiger partial charge in [-0.15, -0.1) is 0 Å². The zero-order valence-corrected chi connectivity index (χ0v) is 9.73. The van der Waals surface area contributed by atoms with Crippen molar-refractivity contribution in [2.45, 2.75) is 26.7 Å². The highest BCUT2D eigenvalue weighted by Crippen LogP contribution is 2.23. The number of aromatic carboxylic acids is 1. The van der Waals surface area contributed by atoms with Crippen molar-refractivity contribution in [3.8, 4) is 0 Å². The highest BCUT2D eigenvalue weighted by Gasteiger charge is 2.18. The van der Waals surface area contributed by atoms with Gasteiger partial charge in [0.1, 0.15) is 0 Å².